The van der Waals surface area contributed by atoms with Crippen molar-refractivity contribution in [2.75, 3.05) is 0 Å². The normalized spacial score (nSPS) is 8.40. The van der Waals surface area contributed by atoms with E-state index >= 15 is 0 Å². The number of hydrogen-bond acceptors (Lipinski definition) is 0. The number of hydrogen-bond donors (Lipinski definition) is 0. The van der Waals surface area contributed by atoms with Gasteiger partial charge in [0.15, 0.2) is 0 Å². The van der Waals surface area contributed by atoms with Crippen molar-refractivity contribution in [3.05, 3.63) is 58.7 Å². The van der Waals surface area contributed by atoms with Crippen LogP contribution in [0.25, 0.3) is 11.1 Å². The second kappa shape index (κ2) is 11.5. The Kier molecular flexibility index (Phi) is 14.9. The molecule has 2 aromatic carbocycles. The van der Waals surface area contributed by atoms with E-state index in [1.165, 1.54) is 33.4 Å². The quantitative estimate of drug-likeness (QED) is 0.354. The molecule has 0 aliphatic rings. The first-order valence-electron chi connectivity index (χ1n) is 5.56. The summed E-state index contributed by atoms with van der Waals surface area (Å²) in [5.41, 5.74) is 7.86. The summed E-state index contributed by atoms with van der Waals surface area (Å²) in [6.07, 6.45) is 0. The number of rotatable bonds is 1. The Balaban J connectivity index is -0.000000722. The van der Waals surface area contributed by atoms with Crippen molar-refractivity contribution in [2.45, 2.75) is 27.7 Å². The van der Waals surface area contributed by atoms with Crippen LogP contribution in [0, 0.1) is 39.8 Å². The van der Waals surface area contributed by atoms with Gasteiger partial charge in [-0.15, -0.1) is 11.1 Å². The van der Waals surface area contributed by atoms with Crippen LogP contribution in [0.3, 0.4) is 0 Å². The summed E-state index contributed by atoms with van der Waals surface area (Å²) in [6.45, 7) is 8.59. The minimum absolute atomic E-state index is 0. The molecule has 0 N–H and O–H groups in total. The predicted molar refractivity (Wildman–Crippen MR) is 80.0 cm³/mol. The van der Waals surface area contributed by atoms with Crippen LogP contribution >= 0.6 is 0 Å². The number of halogens is 2. The zero-order chi connectivity index (χ0) is 11.7. The molecule has 0 radical (unpaired) electrons. The SMILES string of the molecule is Cc1c[c-]cc(C)c1-c1c(C)c[c-]cc1C.[Br-].[Br-].[Mg+2].[Mg+2]. The van der Waals surface area contributed by atoms with Gasteiger partial charge < -0.3 is 34.0 Å². The van der Waals surface area contributed by atoms with Gasteiger partial charge in [-0.25, -0.2) is 0 Å². The number of benzene rings is 2. The van der Waals surface area contributed by atoms with Crippen LogP contribution in [0.5, 0.6) is 0 Å². The fourth-order valence-electron chi connectivity index (χ4n) is 2.28. The maximum Gasteiger partial charge on any atom is 2.00 e. The van der Waals surface area contributed by atoms with Gasteiger partial charge in [-0.1, -0.05) is 27.7 Å². The van der Waals surface area contributed by atoms with Crippen molar-refractivity contribution in [1.29, 1.82) is 0 Å². The maximum absolute atomic E-state index is 3.17. The van der Waals surface area contributed by atoms with Crippen molar-refractivity contribution in [2.24, 2.45) is 0 Å². The Bertz CT molecular complexity index is 450. The van der Waals surface area contributed by atoms with E-state index in [0.717, 1.165) is 0 Å². The second-order valence-electron chi connectivity index (χ2n) is 4.39. The number of aryl methyl sites for hydroxylation is 4. The van der Waals surface area contributed by atoms with Gasteiger partial charge in [-0.3, -0.25) is 0 Å². The van der Waals surface area contributed by atoms with Crippen LogP contribution < -0.4 is 34.0 Å². The van der Waals surface area contributed by atoms with Gasteiger partial charge in [0.05, 0.1) is 0 Å². The molecule has 0 spiro atoms. The van der Waals surface area contributed by atoms with E-state index in [4.69, 9.17) is 0 Å². The van der Waals surface area contributed by atoms with Crippen molar-refractivity contribution in [1.82, 2.24) is 0 Å². The molecule has 0 bridgehead atoms. The molecule has 0 fully saturated rings. The van der Waals surface area contributed by atoms with E-state index in [1.54, 1.807) is 0 Å². The fourth-order valence-corrected chi connectivity index (χ4v) is 2.28. The zero-order valence-corrected chi connectivity index (χ0v) is 18.5. The van der Waals surface area contributed by atoms with E-state index in [-0.39, 0.29) is 80.1 Å². The van der Waals surface area contributed by atoms with Crippen molar-refractivity contribution < 1.29 is 34.0 Å². The van der Waals surface area contributed by atoms with Crippen LogP contribution in [0.4, 0.5) is 0 Å². The molecule has 0 aliphatic carbocycles. The molecule has 2 rings (SSSR count). The average Bonchev–Trinajstić information content (AvgIpc) is 2.21. The van der Waals surface area contributed by atoms with E-state index in [9.17, 15) is 0 Å². The van der Waals surface area contributed by atoms with Gasteiger partial charge in [-0.2, -0.15) is 58.7 Å². The molecule has 0 nitrogen and oxygen atoms in total. The van der Waals surface area contributed by atoms with Gasteiger partial charge >= 0.3 is 46.1 Å². The monoisotopic (exact) mass is 414 g/mol. The van der Waals surface area contributed by atoms with E-state index in [0.29, 0.717) is 0 Å². The summed E-state index contributed by atoms with van der Waals surface area (Å²) in [7, 11) is 0. The molecule has 0 unspecified atom stereocenters. The second-order valence-corrected chi connectivity index (χ2v) is 4.39. The zero-order valence-electron chi connectivity index (χ0n) is 12.5. The molecule has 0 saturated heterocycles. The van der Waals surface area contributed by atoms with Crippen LogP contribution in [0.15, 0.2) is 24.3 Å². The van der Waals surface area contributed by atoms with Gasteiger partial charge in [-0.05, 0) is 0 Å². The average molecular weight is 417 g/mol. The molecule has 0 aliphatic heterocycles. The molecular formula is C16H16Br2Mg2. The summed E-state index contributed by atoms with van der Waals surface area (Å²) < 4.78 is 0. The third-order valence-electron chi connectivity index (χ3n) is 3.03. The van der Waals surface area contributed by atoms with Gasteiger partial charge in [0.25, 0.3) is 0 Å². The topological polar surface area (TPSA) is 0 Å². The van der Waals surface area contributed by atoms with Gasteiger partial charge in [0.1, 0.15) is 0 Å². The van der Waals surface area contributed by atoms with Crippen molar-refractivity contribution in [3.63, 3.8) is 0 Å². The first kappa shape index (κ1) is 25.9. The van der Waals surface area contributed by atoms with E-state index in [1.807, 2.05) is 0 Å². The summed E-state index contributed by atoms with van der Waals surface area (Å²) in [6, 6.07) is 14.6. The van der Waals surface area contributed by atoms with Gasteiger partial charge in [0, 0.05) is 0 Å². The minimum Gasteiger partial charge on any atom is -1.00 e. The molecule has 0 heterocycles. The third-order valence-corrected chi connectivity index (χ3v) is 3.03. The molecule has 2 aromatic rings. The Morgan fingerprint density at radius 1 is 0.550 bits per heavy atom. The maximum atomic E-state index is 3.17. The first-order chi connectivity index (χ1) is 7.61. The fraction of sp³-hybridized carbons (Fsp3) is 0.250. The van der Waals surface area contributed by atoms with Crippen LogP contribution in [-0.2, 0) is 0 Å². The molecule has 98 valence electrons. The van der Waals surface area contributed by atoms with Crippen molar-refractivity contribution >= 4 is 46.1 Å². The van der Waals surface area contributed by atoms with Gasteiger partial charge in [0.2, 0.25) is 0 Å². The minimum atomic E-state index is 0. The summed E-state index contributed by atoms with van der Waals surface area (Å²) in [5.74, 6) is 0. The third kappa shape index (κ3) is 5.61. The molecule has 0 atom stereocenters. The molecule has 20 heavy (non-hydrogen) atoms. The summed E-state index contributed by atoms with van der Waals surface area (Å²) >= 11 is 0. The van der Waals surface area contributed by atoms with Crippen LogP contribution in [-0.4, -0.2) is 46.1 Å². The van der Waals surface area contributed by atoms with E-state index < -0.39 is 0 Å². The molecule has 4 heteroatoms. The molecule has 0 aromatic heterocycles. The molecular weight excluding hydrogens is 401 g/mol. The smallest absolute Gasteiger partial charge is 1.00 e. The predicted octanol–water partition coefficient (Wildman–Crippen LogP) is -2.57. The standard InChI is InChI=1S/C16H16.2BrH.2Mg/c1-11-7-5-8-12(2)15(11)16-13(3)9-6-10-14(16)4;;;;/h7-10H,1-4H3;2*1H;;/q-2;;;2*+2/p-2. The Morgan fingerprint density at radius 2 is 0.750 bits per heavy atom. The molecule has 0 amide bonds. The van der Waals surface area contributed by atoms with Crippen LogP contribution in [0.2, 0.25) is 0 Å². The Morgan fingerprint density at radius 3 is 0.950 bits per heavy atom. The molecule has 0 saturated carbocycles. The van der Waals surface area contributed by atoms with E-state index in [2.05, 4.69) is 64.1 Å². The van der Waals surface area contributed by atoms with Crippen molar-refractivity contribution in [3.8, 4) is 11.1 Å². The summed E-state index contributed by atoms with van der Waals surface area (Å²) in [4.78, 5) is 0. The Hall–Kier alpha value is 0.932. The van der Waals surface area contributed by atoms with Crippen LogP contribution in [0.1, 0.15) is 22.3 Å². The first-order valence-corrected chi connectivity index (χ1v) is 5.56. The largest absolute Gasteiger partial charge is 2.00 e. The Labute approximate surface area is 176 Å². The summed E-state index contributed by atoms with van der Waals surface area (Å²) in [5, 5.41) is 0.